The van der Waals surface area contributed by atoms with E-state index in [0.29, 0.717) is 24.1 Å². The van der Waals surface area contributed by atoms with Crippen molar-refractivity contribution in [3.8, 4) is 0 Å². The maximum atomic E-state index is 12.3. The van der Waals surface area contributed by atoms with Crippen molar-refractivity contribution in [1.29, 1.82) is 0 Å². The molecule has 7 nitrogen and oxygen atoms in total. The molecule has 0 radical (unpaired) electrons. The van der Waals surface area contributed by atoms with E-state index in [1.165, 1.54) is 0 Å². The second-order valence-electron chi connectivity index (χ2n) is 6.70. The lowest BCUT2D eigenvalue weighted by Crippen LogP contribution is -2.37. The third-order valence-electron chi connectivity index (χ3n) is 4.63. The molecule has 0 saturated carbocycles. The van der Waals surface area contributed by atoms with E-state index in [0.717, 1.165) is 5.56 Å². The van der Waals surface area contributed by atoms with E-state index in [-0.39, 0.29) is 17.9 Å². The highest BCUT2D eigenvalue weighted by atomic mass is 16.5. The molecule has 3 atom stereocenters. The largest absolute Gasteiger partial charge is 0.479 e. The van der Waals surface area contributed by atoms with Crippen LogP contribution in [0.15, 0.2) is 54.6 Å². The minimum Gasteiger partial charge on any atom is -0.479 e. The molecule has 0 spiro atoms. The Labute approximate surface area is 162 Å². The fourth-order valence-electron chi connectivity index (χ4n) is 3.08. The van der Waals surface area contributed by atoms with Gasteiger partial charge in [0, 0.05) is 11.3 Å². The molecule has 0 bridgehead atoms. The Hall–Kier alpha value is -3.19. The van der Waals surface area contributed by atoms with Crippen molar-refractivity contribution in [3.05, 3.63) is 65.7 Å². The zero-order valence-electron chi connectivity index (χ0n) is 15.4. The van der Waals surface area contributed by atoms with Gasteiger partial charge in [0.2, 0.25) is 5.91 Å². The molecule has 2 aromatic rings. The van der Waals surface area contributed by atoms with Crippen LogP contribution in [0.3, 0.4) is 0 Å². The number of carboxylic acids is 1. The number of amides is 2. The first-order valence-corrected chi connectivity index (χ1v) is 9.09. The van der Waals surface area contributed by atoms with Gasteiger partial charge >= 0.3 is 5.97 Å². The Bertz CT molecular complexity index is 868. The quantitative estimate of drug-likeness (QED) is 0.713. The van der Waals surface area contributed by atoms with Crippen LogP contribution in [0.5, 0.6) is 0 Å². The first-order valence-electron chi connectivity index (χ1n) is 9.09. The molecule has 1 aliphatic heterocycles. The summed E-state index contributed by atoms with van der Waals surface area (Å²) in [4.78, 5) is 35.6. The Morgan fingerprint density at radius 2 is 1.75 bits per heavy atom. The number of carbonyl (C=O) groups is 3. The van der Waals surface area contributed by atoms with Crippen LogP contribution in [0.4, 0.5) is 5.69 Å². The molecule has 2 aromatic carbocycles. The third-order valence-corrected chi connectivity index (χ3v) is 4.63. The molecule has 1 unspecified atom stereocenters. The highest BCUT2D eigenvalue weighted by Gasteiger charge is 2.35. The first-order chi connectivity index (χ1) is 13.4. The molecule has 2 amide bonds. The zero-order valence-corrected chi connectivity index (χ0v) is 15.4. The van der Waals surface area contributed by atoms with Crippen LogP contribution in [0.25, 0.3) is 0 Å². The van der Waals surface area contributed by atoms with Gasteiger partial charge in [0.25, 0.3) is 5.91 Å². The van der Waals surface area contributed by atoms with Gasteiger partial charge in [-0.15, -0.1) is 0 Å². The first kappa shape index (κ1) is 19.6. The summed E-state index contributed by atoms with van der Waals surface area (Å²) in [5, 5.41) is 14.6. The van der Waals surface area contributed by atoms with Gasteiger partial charge in [0.1, 0.15) is 6.10 Å². The van der Waals surface area contributed by atoms with Gasteiger partial charge < -0.3 is 20.5 Å². The molecule has 146 valence electrons. The number of hydrogen-bond acceptors (Lipinski definition) is 4. The lowest BCUT2D eigenvalue weighted by Gasteiger charge is -2.18. The van der Waals surface area contributed by atoms with Crippen molar-refractivity contribution in [2.45, 2.75) is 38.0 Å². The molecule has 1 heterocycles. The van der Waals surface area contributed by atoms with Crippen molar-refractivity contribution in [1.82, 2.24) is 5.32 Å². The summed E-state index contributed by atoms with van der Waals surface area (Å²) in [5.41, 5.74) is 1.99. The number of rotatable bonds is 6. The third kappa shape index (κ3) is 4.75. The van der Waals surface area contributed by atoms with Gasteiger partial charge in [0.15, 0.2) is 6.10 Å². The van der Waals surface area contributed by atoms with E-state index < -0.39 is 18.2 Å². The molecule has 0 aromatic heterocycles. The monoisotopic (exact) mass is 382 g/mol. The minimum absolute atomic E-state index is 0.214. The summed E-state index contributed by atoms with van der Waals surface area (Å²) in [5.74, 6) is -1.60. The van der Waals surface area contributed by atoms with Crippen molar-refractivity contribution in [3.63, 3.8) is 0 Å². The summed E-state index contributed by atoms with van der Waals surface area (Å²) < 4.78 is 5.28. The van der Waals surface area contributed by atoms with Crippen LogP contribution in [0.2, 0.25) is 0 Å². The standard InChI is InChI=1S/C21H22N2O5/c1-13(22-20(25)17-10-11-18(28-17)21(26)27)15-8-5-9-16(12-15)23-19(24)14-6-3-2-4-7-14/h2-9,12-13,17-18H,10-11H2,1H3,(H,22,25)(H,23,24)(H,26,27)/t13?,17-,18+/m0/s1. The van der Waals surface area contributed by atoms with Gasteiger partial charge in [-0.25, -0.2) is 4.79 Å². The number of benzene rings is 2. The molecular formula is C21H22N2O5. The topological polar surface area (TPSA) is 105 Å². The molecule has 3 rings (SSSR count). The Morgan fingerprint density at radius 3 is 2.43 bits per heavy atom. The average Bonchev–Trinajstić information content (AvgIpc) is 3.19. The summed E-state index contributed by atoms with van der Waals surface area (Å²) in [7, 11) is 0. The highest BCUT2D eigenvalue weighted by molar-refractivity contribution is 6.04. The van der Waals surface area contributed by atoms with E-state index in [9.17, 15) is 14.4 Å². The normalized spacial score (nSPS) is 19.6. The van der Waals surface area contributed by atoms with Gasteiger partial charge in [-0.05, 0) is 49.6 Å². The van der Waals surface area contributed by atoms with Gasteiger partial charge in [0.05, 0.1) is 6.04 Å². The van der Waals surface area contributed by atoms with E-state index in [1.807, 2.05) is 19.1 Å². The second kappa shape index (κ2) is 8.67. The zero-order chi connectivity index (χ0) is 20.1. The number of hydrogen-bond donors (Lipinski definition) is 3. The number of ether oxygens (including phenoxy) is 1. The highest BCUT2D eigenvalue weighted by Crippen LogP contribution is 2.22. The van der Waals surface area contributed by atoms with Crippen LogP contribution in [0.1, 0.15) is 41.7 Å². The predicted molar refractivity (Wildman–Crippen MR) is 103 cm³/mol. The summed E-state index contributed by atoms with van der Waals surface area (Å²) in [6.45, 7) is 1.82. The molecule has 3 N–H and O–H groups in total. The lowest BCUT2D eigenvalue weighted by atomic mass is 10.1. The van der Waals surface area contributed by atoms with Gasteiger partial charge in [-0.1, -0.05) is 30.3 Å². The van der Waals surface area contributed by atoms with Crippen LogP contribution < -0.4 is 10.6 Å². The second-order valence-corrected chi connectivity index (χ2v) is 6.70. The van der Waals surface area contributed by atoms with Crippen molar-refractivity contribution in [2.75, 3.05) is 5.32 Å². The summed E-state index contributed by atoms with van der Waals surface area (Å²) in [6, 6.07) is 15.8. The van der Waals surface area contributed by atoms with Crippen molar-refractivity contribution < 1.29 is 24.2 Å². The van der Waals surface area contributed by atoms with Crippen LogP contribution >= 0.6 is 0 Å². The van der Waals surface area contributed by atoms with Gasteiger partial charge in [-0.2, -0.15) is 0 Å². The van der Waals surface area contributed by atoms with Crippen LogP contribution in [0, 0.1) is 0 Å². The number of carboxylic acid groups (broad SMARTS) is 1. The molecule has 1 aliphatic rings. The number of nitrogens with one attached hydrogen (secondary N) is 2. The molecule has 7 heteroatoms. The Balaban J connectivity index is 1.61. The number of aliphatic carboxylic acids is 1. The number of anilines is 1. The fraction of sp³-hybridized carbons (Fsp3) is 0.286. The SMILES string of the molecule is CC(NC(=O)[C@@H]1CC[C@H](C(=O)O)O1)c1cccc(NC(=O)c2ccccc2)c1. The van der Waals surface area contributed by atoms with Gasteiger partial charge in [-0.3, -0.25) is 9.59 Å². The Kier molecular flexibility index (Phi) is 6.06. The Morgan fingerprint density at radius 1 is 1.04 bits per heavy atom. The maximum Gasteiger partial charge on any atom is 0.332 e. The predicted octanol–water partition coefficient (Wildman–Crippen LogP) is 2.75. The fourth-order valence-corrected chi connectivity index (χ4v) is 3.08. The molecule has 1 saturated heterocycles. The average molecular weight is 382 g/mol. The van der Waals surface area contributed by atoms with E-state index in [4.69, 9.17) is 9.84 Å². The van der Waals surface area contributed by atoms with E-state index in [1.54, 1.807) is 42.5 Å². The molecule has 1 fully saturated rings. The summed E-state index contributed by atoms with van der Waals surface area (Å²) >= 11 is 0. The van der Waals surface area contributed by atoms with E-state index >= 15 is 0 Å². The lowest BCUT2D eigenvalue weighted by molar-refractivity contribution is -0.151. The number of carbonyl (C=O) groups excluding carboxylic acids is 2. The van der Waals surface area contributed by atoms with Crippen molar-refractivity contribution >= 4 is 23.5 Å². The van der Waals surface area contributed by atoms with Crippen LogP contribution in [-0.4, -0.2) is 35.1 Å². The van der Waals surface area contributed by atoms with Crippen LogP contribution in [-0.2, 0) is 14.3 Å². The summed E-state index contributed by atoms with van der Waals surface area (Å²) in [6.07, 6.45) is -0.988. The molecule has 28 heavy (non-hydrogen) atoms. The minimum atomic E-state index is -1.05. The maximum absolute atomic E-state index is 12.3. The molecular weight excluding hydrogens is 360 g/mol. The van der Waals surface area contributed by atoms with E-state index in [2.05, 4.69) is 10.6 Å². The smallest absolute Gasteiger partial charge is 0.332 e. The molecule has 0 aliphatic carbocycles. The van der Waals surface area contributed by atoms with Crippen molar-refractivity contribution in [2.24, 2.45) is 0 Å².